The zero-order valence-corrected chi connectivity index (χ0v) is 14.1. The van der Waals surface area contributed by atoms with Crippen LogP contribution in [0.2, 0.25) is 0 Å². The van der Waals surface area contributed by atoms with Crippen molar-refractivity contribution in [1.29, 1.82) is 0 Å². The molecule has 3 heterocycles. The lowest BCUT2D eigenvalue weighted by molar-refractivity contribution is -0.142. The number of carbonyl (C=O) groups excluding carboxylic acids is 1. The maximum atomic E-state index is 12.5. The molecule has 1 N–H and O–H groups in total. The third-order valence-corrected chi connectivity index (χ3v) is 5.37. The Morgan fingerprint density at radius 2 is 2.12 bits per heavy atom. The number of benzene rings is 1. The molecule has 1 aromatic heterocycles. The summed E-state index contributed by atoms with van der Waals surface area (Å²) in [4.78, 5) is 17.8. The zero-order chi connectivity index (χ0) is 16.5. The van der Waals surface area contributed by atoms with Crippen molar-refractivity contribution in [3.63, 3.8) is 0 Å². The molecule has 24 heavy (non-hydrogen) atoms. The van der Waals surface area contributed by atoms with Crippen molar-refractivity contribution in [1.82, 2.24) is 9.88 Å². The molecule has 2 saturated heterocycles. The van der Waals surface area contributed by atoms with Crippen LogP contribution in [0.4, 0.5) is 0 Å². The number of methoxy groups -OCH3 is 1. The van der Waals surface area contributed by atoms with Gasteiger partial charge < -0.3 is 19.4 Å². The van der Waals surface area contributed by atoms with Crippen molar-refractivity contribution in [3.05, 3.63) is 30.0 Å². The molecule has 128 valence electrons. The van der Waals surface area contributed by atoms with Gasteiger partial charge in [0.05, 0.1) is 7.11 Å². The topological polar surface area (TPSA) is 54.6 Å². The van der Waals surface area contributed by atoms with Gasteiger partial charge in [0.2, 0.25) is 0 Å². The van der Waals surface area contributed by atoms with Crippen LogP contribution in [0.1, 0.15) is 37.2 Å². The number of aromatic nitrogens is 1. The summed E-state index contributed by atoms with van der Waals surface area (Å²) in [6.07, 6.45) is 5.81. The van der Waals surface area contributed by atoms with E-state index in [1.807, 2.05) is 11.0 Å². The number of amides is 1. The summed E-state index contributed by atoms with van der Waals surface area (Å²) >= 11 is 0. The molecule has 2 aromatic rings. The highest BCUT2D eigenvalue weighted by molar-refractivity contribution is 5.85. The van der Waals surface area contributed by atoms with Crippen molar-refractivity contribution in [2.75, 3.05) is 26.8 Å². The number of nitrogens with zero attached hydrogens (tertiary/aromatic N) is 1. The third-order valence-electron chi connectivity index (χ3n) is 5.37. The monoisotopic (exact) mass is 328 g/mol. The minimum atomic E-state index is -0.195. The molecular formula is C19H24N2O3. The van der Waals surface area contributed by atoms with Gasteiger partial charge in [-0.25, -0.2) is 0 Å². The van der Waals surface area contributed by atoms with Crippen molar-refractivity contribution < 1.29 is 14.3 Å². The standard InChI is InChI=1S/C19H24N2O3/c1-23-14-4-5-17-15(11-14)16(12-20-17)13-6-8-21(9-7-13)19(22)18-3-2-10-24-18/h4-5,11-13,18,20H,2-3,6-10H2,1H3. The first-order chi connectivity index (χ1) is 11.8. The number of likely N-dealkylation sites (tertiary alicyclic amines) is 1. The van der Waals surface area contributed by atoms with Gasteiger partial charge in [-0.2, -0.15) is 0 Å². The zero-order valence-electron chi connectivity index (χ0n) is 14.1. The number of rotatable bonds is 3. The van der Waals surface area contributed by atoms with E-state index in [-0.39, 0.29) is 12.0 Å². The summed E-state index contributed by atoms with van der Waals surface area (Å²) in [6, 6.07) is 6.14. The van der Waals surface area contributed by atoms with Crippen LogP contribution >= 0.6 is 0 Å². The SMILES string of the molecule is COc1ccc2[nH]cc(C3CCN(C(=O)C4CCCO4)CC3)c2c1. The summed E-state index contributed by atoms with van der Waals surface area (Å²) < 4.78 is 10.9. The first-order valence-corrected chi connectivity index (χ1v) is 8.81. The molecule has 1 amide bonds. The summed E-state index contributed by atoms with van der Waals surface area (Å²) in [5.41, 5.74) is 2.48. The van der Waals surface area contributed by atoms with Crippen LogP contribution in [0, 0.1) is 0 Å². The minimum Gasteiger partial charge on any atom is -0.497 e. The number of hydrogen-bond donors (Lipinski definition) is 1. The average molecular weight is 328 g/mol. The first kappa shape index (κ1) is 15.5. The number of ether oxygens (including phenoxy) is 2. The quantitative estimate of drug-likeness (QED) is 0.942. The molecule has 4 rings (SSSR count). The number of carbonyl (C=O) groups is 1. The summed E-state index contributed by atoms with van der Waals surface area (Å²) in [5.74, 6) is 1.56. The molecule has 5 heteroatoms. The van der Waals surface area contributed by atoms with Crippen LogP contribution in [-0.4, -0.2) is 48.7 Å². The molecule has 1 unspecified atom stereocenters. The van der Waals surface area contributed by atoms with Gasteiger partial charge in [-0.3, -0.25) is 4.79 Å². The highest BCUT2D eigenvalue weighted by Crippen LogP contribution is 2.35. The fourth-order valence-electron chi connectivity index (χ4n) is 3.97. The normalized spacial score (nSPS) is 22.2. The molecule has 2 aliphatic rings. The maximum Gasteiger partial charge on any atom is 0.251 e. The molecule has 5 nitrogen and oxygen atoms in total. The average Bonchev–Trinajstić information content (AvgIpc) is 3.30. The Bertz CT molecular complexity index is 725. The molecule has 0 aliphatic carbocycles. The Morgan fingerprint density at radius 3 is 2.83 bits per heavy atom. The van der Waals surface area contributed by atoms with E-state index in [2.05, 4.69) is 23.3 Å². The van der Waals surface area contributed by atoms with Crippen LogP contribution < -0.4 is 4.74 Å². The fourth-order valence-corrected chi connectivity index (χ4v) is 3.97. The minimum absolute atomic E-state index is 0.187. The van der Waals surface area contributed by atoms with Gasteiger partial charge in [0.15, 0.2) is 0 Å². The number of hydrogen-bond acceptors (Lipinski definition) is 3. The Morgan fingerprint density at radius 1 is 1.29 bits per heavy atom. The van der Waals surface area contributed by atoms with E-state index in [0.717, 1.165) is 56.6 Å². The van der Waals surface area contributed by atoms with Crippen molar-refractivity contribution in [2.24, 2.45) is 0 Å². The maximum absolute atomic E-state index is 12.5. The van der Waals surface area contributed by atoms with Gasteiger partial charge in [0, 0.05) is 36.8 Å². The van der Waals surface area contributed by atoms with Gasteiger partial charge in [0.25, 0.3) is 5.91 Å². The van der Waals surface area contributed by atoms with Gasteiger partial charge in [-0.1, -0.05) is 0 Å². The molecule has 0 spiro atoms. The predicted molar refractivity (Wildman–Crippen MR) is 92.4 cm³/mol. The predicted octanol–water partition coefficient (Wildman–Crippen LogP) is 3.06. The van der Waals surface area contributed by atoms with Crippen LogP contribution in [0.3, 0.4) is 0 Å². The van der Waals surface area contributed by atoms with E-state index in [4.69, 9.17) is 9.47 Å². The lowest BCUT2D eigenvalue weighted by atomic mass is 9.89. The van der Waals surface area contributed by atoms with Gasteiger partial charge >= 0.3 is 0 Å². The Labute approximate surface area is 141 Å². The van der Waals surface area contributed by atoms with E-state index in [1.54, 1.807) is 7.11 Å². The molecule has 1 atom stereocenters. The van der Waals surface area contributed by atoms with Gasteiger partial charge in [-0.15, -0.1) is 0 Å². The van der Waals surface area contributed by atoms with Gasteiger partial charge in [0.1, 0.15) is 11.9 Å². The van der Waals surface area contributed by atoms with Crippen LogP contribution in [0.25, 0.3) is 10.9 Å². The number of fused-ring (bicyclic) bond motifs is 1. The highest BCUT2D eigenvalue weighted by Gasteiger charge is 2.31. The van der Waals surface area contributed by atoms with E-state index < -0.39 is 0 Å². The van der Waals surface area contributed by atoms with Crippen molar-refractivity contribution >= 4 is 16.8 Å². The summed E-state index contributed by atoms with van der Waals surface area (Å²) in [6.45, 7) is 2.37. The number of nitrogens with one attached hydrogen (secondary N) is 1. The largest absolute Gasteiger partial charge is 0.497 e. The number of piperidine rings is 1. The second kappa shape index (κ2) is 6.48. The molecule has 2 aliphatic heterocycles. The van der Waals surface area contributed by atoms with Crippen LogP contribution in [-0.2, 0) is 9.53 Å². The van der Waals surface area contributed by atoms with E-state index >= 15 is 0 Å². The Hall–Kier alpha value is -2.01. The van der Waals surface area contributed by atoms with E-state index in [1.165, 1.54) is 10.9 Å². The number of aromatic amines is 1. The second-order valence-electron chi connectivity index (χ2n) is 6.76. The molecule has 1 aromatic carbocycles. The smallest absolute Gasteiger partial charge is 0.251 e. The summed E-state index contributed by atoms with van der Waals surface area (Å²) in [7, 11) is 1.70. The molecular weight excluding hydrogens is 304 g/mol. The fraction of sp³-hybridized carbons (Fsp3) is 0.526. The number of H-pyrrole nitrogens is 1. The van der Waals surface area contributed by atoms with Crippen LogP contribution in [0.5, 0.6) is 5.75 Å². The first-order valence-electron chi connectivity index (χ1n) is 8.81. The Kier molecular flexibility index (Phi) is 4.19. The molecule has 0 saturated carbocycles. The van der Waals surface area contributed by atoms with E-state index in [0.29, 0.717) is 5.92 Å². The van der Waals surface area contributed by atoms with Gasteiger partial charge in [-0.05, 0) is 55.4 Å². The second-order valence-corrected chi connectivity index (χ2v) is 6.76. The summed E-state index contributed by atoms with van der Waals surface area (Å²) in [5, 5.41) is 1.23. The lowest BCUT2D eigenvalue weighted by Gasteiger charge is -2.33. The highest BCUT2D eigenvalue weighted by atomic mass is 16.5. The molecule has 0 radical (unpaired) electrons. The Balaban J connectivity index is 1.46. The lowest BCUT2D eigenvalue weighted by Crippen LogP contribution is -2.43. The third kappa shape index (κ3) is 2.77. The van der Waals surface area contributed by atoms with E-state index in [9.17, 15) is 4.79 Å². The van der Waals surface area contributed by atoms with Crippen molar-refractivity contribution in [3.8, 4) is 5.75 Å². The molecule has 2 fully saturated rings. The molecule has 0 bridgehead atoms. The van der Waals surface area contributed by atoms with Crippen LogP contribution in [0.15, 0.2) is 24.4 Å². The van der Waals surface area contributed by atoms with Crippen molar-refractivity contribution in [2.45, 2.75) is 37.7 Å².